The van der Waals surface area contributed by atoms with Crippen LogP contribution in [0.25, 0.3) is 0 Å². The van der Waals surface area contributed by atoms with E-state index >= 15 is 0 Å². The molecular formula is C17H33NO. The minimum atomic E-state index is 0.417. The average Bonchev–Trinajstić information content (AvgIpc) is 2.95. The van der Waals surface area contributed by atoms with E-state index in [1.54, 1.807) is 0 Å². The molecule has 2 rings (SSSR count). The van der Waals surface area contributed by atoms with Gasteiger partial charge in [-0.15, -0.1) is 0 Å². The molecule has 0 amide bonds. The third-order valence-corrected chi connectivity index (χ3v) is 5.50. The van der Waals surface area contributed by atoms with Crippen LogP contribution in [0.1, 0.15) is 66.2 Å². The van der Waals surface area contributed by atoms with Crippen molar-refractivity contribution in [1.29, 1.82) is 0 Å². The van der Waals surface area contributed by atoms with Crippen LogP contribution in [0.4, 0.5) is 0 Å². The second-order valence-electron chi connectivity index (χ2n) is 6.93. The number of ether oxygens (including phenoxy) is 1. The summed E-state index contributed by atoms with van der Waals surface area (Å²) in [6, 6.07) is 0.665. The molecule has 1 N–H and O–H groups in total. The van der Waals surface area contributed by atoms with Crippen LogP contribution in [0.3, 0.4) is 0 Å². The topological polar surface area (TPSA) is 21.3 Å². The highest BCUT2D eigenvalue weighted by Gasteiger charge is 2.42. The van der Waals surface area contributed by atoms with Gasteiger partial charge in [0.25, 0.3) is 0 Å². The van der Waals surface area contributed by atoms with Crippen molar-refractivity contribution in [2.45, 2.75) is 84.5 Å². The predicted molar refractivity (Wildman–Crippen MR) is 81.3 cm³/mol. The average molecular weight is 267 g/mol. The summed E-state index contributed by atoms with van der Waals surface area (Å²) >= 11 is 0. The zero-order valence-electron chi connectivity index (χ0n) is 13.3. The molecule has 0 aromatic heterocycles. The quantitative estimate of drug-likeness (QED) is 0.785. The van der Waals surface area contributed by atoms with Crippen LogP contribution in [0.15, 0.2) is 0 Å². The van der Waals surface area contributed by atoms with E-state index in [2.05, 4.69) is 33.0 Å². The highest BCUT2D eigenvalue weighted by Crippen LogP contribution is 2.38. The number of nitrogens with one attached hydrogen (secondary N) is 1. The Labute approximate surface area is 119 Å². The fourth-order valence-corrected chi connectivity index (χ4v) is 4.30. The van der Waals surface area contributed by atoms with Crippen molar-refractivity contribution >= 4 is 0 Å². The first-order valence-corrected chi connectivity index (χ1v) is 8.52. The van der Waals surface area contributed by atoms with Crippen molar-refractivity contribution in [2.75, 3.05) is 6.54 Å². The molecule has 5 atom stereocenters. The third-order valence-electron chi connectivity index (χ3n) is 5.50. The molecule has 112 valence electrons. The molecule has 2 fully saturated rings. The molecule has 0 radical (unpaired) electrons. The van der Waals surface area contributed by atoms with Crippen LogP contribution in [0.5, 0.6) is 0 Å². The Morgan fingerprint density at radius 3 is 2.32 bits per heavy atom. The molecule has 0 spiro atoms. The van der Waals surface area contributed by atoms with Crippen LogP contribution in [-0.4, -0.2) is 24.8 Å². The van der Waals surface area contributed by atoms with Gasteiger partial charge in [-0.05, 0) is 45.1 Å². The van der Waals surface area contributed by atoms with Crippen LogP contribution in [0, 0.1) is 17.8 Å². The van der Waals surface area contributed by atoms with Crippen molar-refractivity contribution in [3.8, 4) is 0 Å². The first kappa shape index (κ1) is 15.3. The van der Waals surface area contributed by atoms with E-state index < -0.39 is 0 Å². The largest absolute Gasteiger partial charge is 0.375 e. The van der Waals surface area contributed by atoms with Gasteiger partial charge in [-0.3, -0.25) is 0 Å². The van der Waals surface area contributed by atoms with E-state index in [1.807, 2.05) is 0 Å². The van der Waals surface area contributed by atoms with Crippen molar-refractivity contribution in [3.05, 3.63) is 0 Å². The lowest BCUT2D eigenvalue weighted by atomic mass is 9.79. The van der Waals surface area contributed by atoms with Crippen molar-refractivity contribution in [3.63, 3.8) is 0 Å². The zero-order valence-corrected chi connectivity index (χ0v) is 13.3. The van der Waals surface area contributed by atoms with Crippen LogP contribution in [0.2, 0.25) is 0 Å². The summed E-state index contributed by atoms with van der Waals surface area (Å²) in [5, 5.41) is 3.84. The van der Waals surface area contributed by atoms with Crippen LogP contribution in [-0.2, 0) is 4.74 Å². The van der Waals surface area contributed by atoms with Gasteiger partial charge in [0.2, 0.25) is 0 Å². The number of hydrogen-bond acceptors (Lipinski definition) is 2. The van der Waals surface area contributed by atoms with E-state index in [1.165, 1.54) is 38.5 Å². The van der Waals surface area contributed by atoms with E-state index in [0.717, 1.165) is 12.5 Å². The van der Waals surface area contributed by atoms with Crippen LogP contribution < -0.4 is 5.32 Å². The van der Waals surface area contributed by atoms with Crippen molar-refractivity contribution in [2.24, 2.45) is 17.8 Å². The Morgan fingerprint density at radius 2 is 1.79 bits per heavy atom. The molecule has 0 aromatic carbocycles. The van der Waals surface area contributed by atoms with E-state index in [-0.39, 0.29) is 0 Å². The fourth-order valence-electron chi connectivity index (χ4n) is 4.30. The zero-order chi connectivity index (χ0) is 13.8. The molecule has 2 heteroatoms. The van der Waals surface area contributed by atoms with Gasteiger partial charge in [-0.2, -0.15) is 0 Å². The molecule has 1 aliphatic carbocycles. The summed E-state index contributed by atoms with van der Waals surface area (Å²) in [5.74, 6) is 2.34. The van der Waals surface area contributed by atoms with E-state index in [4.69, 9.17) is 4.74 Å². The molecular weight excluding hydrogens is 234 g/mol. The van der Waals surface area contributed by atoms with E-state index in [0.29, 0.717) is 30.1 Å². The van der Waals surface area contributed by atoms with Gasteiger partial charge in [-0.1, -0.05) is 39.5 Å². The maximum atomic E-state index is 6.07. The van der Waals surface area contributed by atoms with Crippen molar-refractivity contribution in [1.82, 2.24) is 5.32 Å². The molecule has 0 aromatic rings. The Balaban J connectivity index is 1.98. The summed E-state index contributed by atoms with van der Waals surface area (Å²) in [5.41, 5.74) is 0. The number of rotatable bonds is 6. The molecule has 1 saturated carbocycles. The van der Waals surface area contributed by atoms with Gasteiger partial charge in [0.15, 0.2) is 0 Å². The highest BCUT2D eigenvalue weighted by atomic mass is 16.5. The molecule has 0 bridgehead atoms. The minimum Gasteiger partial charge on any atom is -0.375 e. The maximum absolute atomic E-state index is 6.07. The molecule has 5 unspecified atom stereocenters. The standard InChI is InChI=1S/C17H33NO/c1-5-10-18-16(11-15-8-6-7-9-15)17-12(2)13(3)19-14(17)4/h12-18H,5-11H2,1-4H3. The maximum Gasteiger partial charge on any atom is 0.0597 e. The Morgan fingerprint density at radius 1 is 1.11 bits per heavy atom. The molecule has 2 nitrogen and oxygen atoms in total. The summed E-state index contributed by atoms with van der Waals surface area (Å²) in [6.45, 7) is 10.3. The molecule has 1 heterocycles. The first-order chi connectivity index (χ1) is 9.13. The summed E-state index contributed by atoms with van der Waals surface area (Å²) in [6.07, 6.45) is 9.26. The van der Waals surface area contributed by atoms with Gasteiger partial charge in [-0.25, -0.2) is 0 Å². The lowest BCUT2D eigenvalue weighted by molar-refractivity contribution is 0.0464. The van der Waals surface area contributed by atoms with Crippen LogP contribution >= 0.6 is 0 Å². The van der Waals surface area contributed by atoms with Gasteiger partial charge in [0, 0.05) is 12.0 Å². The molecule has 19 heavy (non-hydrogen) atoms. The normalized spacial score (nSPS) is 37.9. The summed E-state index contributed by atoms with van der Waals surface area (Å²) < 4.78 is 6.07. The van der Waals surface area contributed by atoms with Gasteiger partial charge in [0.05, 0.1) is 12.2 Å². The molecule has 1 saturated heterocycles. The monoisotopic (exact) mass is 267 g/mol. The predicted octanol–water partition coefficient (Wildman–Crippen LogP) is 3.99. The van der Waals surface area contributed by atoms with Gasteiger partial charge in [0.1, 0.15) is 0 Å². The third kappa shape index (κ3) is 3.72. The Bertz CT molecular complexity index is 262. The first-order valence-electron chi connectivity index (χ1n) is 8.52. The molecule has 1 aliphatic heterocycles. The number of hydrogen-bond donors (Lipinski definition) is 1. The lowest BCUT2D eigenvalue weighted by Crippen LogP contribution is -2.43. The summed E-state index contributed by atoms with van der Waals surface area (Å²) in [7, 11) is 0. The smallest absolute Gasteiger partial charge is 0.0597 e. The minimum absolute atomic E-state index is 0.417. The van der Waals surface area contributed by atoms with Gasteiger partial charge >= 0.3 is 0 Å². The fraction of sp³-hybridized carbons (Fsp3) is 1.00. The highest BCUT2D eigenvalue weighted by molar-refractivity contribution is 4.93. The second kappa shape index (κ2) is 7.08. The summed E-state index contributed by atoms with van der Waals surface area (Å²) in [4.78, 5) is 0. The Hall–Kier alpha value is -0.0800. The SMILES string of the molecule is CCCNC(CC1CCCC1)C1C(C)OC(C)C1C. The van der Waals surface area contributed by atoms with Crippen molar-refractivity contribution < 1.29 is 4.74 Å². The lowest BCUT2D eigenvalue weighted by Gasteiger charge is -2.32. The Kier molecular flexibility index (Phi) is 5.70. The molecule has 2 aliphatic rings. The second-order valence-corrected chi connectivity index (χ2v) is 6.93. The van der Waals surface area contributed by atoms with Gasteiger partial charge < -0.3 is 10.1 Å². The van der Waals surface area contributed by atoms with E-state index in [9.17, 15) is 0 Å².